The monoisotopic (exact) mass is 625 g/mol. The Balaban J connectivity index is 1.35. The van der Waals surface area contributed by atoms with Crippen LogP contribution in [0.15, 0.2) is 174 Å². The van der Waals surface area contributed by atoms with Crippen molar-refractivity contribution in [3.63, 3.8) is 0 Å². The number of aromatic nitrogens is 1. The highest BCUT2D eigenvalue weighted by Gasteiger charge is 2.17. The zero-order valence-electron chi connectivity index (χ0n) is 24.0. The van der Waals surface area contributed by atoms with Crippen LogP contribution in [0.2, 0.25) is 0 Å². The van der Waals surface area contributed by atoms with E-state index in [1.807, 2.05) is 0 Å². The molecule has 0 bridgehead atoms. The molecule has 44 heavy (non-hydrogen) atoms. The highest BCUT2D eigenvalue weighted by atomic mass is 79.9. The van der Waals surface area contributed by atoms with Gasteiger partial charge in [0.25, 0.3) is 0 Å². The van der Waals surface area contributed by atoms with Crippen LogP contribution < -0.4 is 0 Å². The van der Waals surface area contributed by atoms with Crippen molar-refractivity contribution in [3.05, 3.63) is 174 Å². The lowest BCUT2D eigenvalue weighted by molar-refractivity contribution is 1.18. The van der Waals surface area contributed by atoms with Gasteiger partial charge in [-0.05, 0) is 63.2 Å². The minimum absolute atomic E-state index is 1.10. The molecule has 0 aliphatic carbocycles. The summed E-state index contributed by atoms with van der Waals surface area (Å²) >= 11 is 3.71. The van der Waals surface area contributed by atoms with Crippen molar-refractivity contribution in [2.75, 3.05) is 0 Å². The first-order valence-electron chi connectivity index (χ1n) is 14.9. The maximum absolute atomic E-state index is 3.71. The van der Waals surface area contributed by atoms with Gasteiger partial charge in [-0.1, -0.05) is 162 Å². The summed E-state index contributed by atoms with van der Waals surface area (Å²) in [6, 6.07) is 61.2. The van der Waals surface area contributed by atoms with Crippen LogP contribution in [-0.4, -0.2) is 4.57 Å². The summed E-state index contributed by atoms with van der Waals surface area (Å²) in [5.41, 5.74) is 13.2. The van der Waals surface area contributed by atoms with Gasteiger partial charge in [-0.2, -0.15) is 0 Å². The highest BCUT2D eigenvalue weighted by Crippen LogP contribution is 2.40. The third kappa shape index (κ3) is 4.65. The van der Waals surface area contributed by atoms with Crippen LogP contribution in [0, 0.1) is 0 Å². The van der Waals surface area contributed by atoms with Gasteiger partial charge in [-0.15, -0.1) is 0 Å². The number of para-hydroxylation sites is 1. The van der Waals surface area contributed by atoms with E-state index in [2.05, 4.69) is 190 Å². The summed E-state index contributed by atoms with van der Waals surface area (Å²) in [5.74, 6) is 0. The Morgan fingerprint density at radius 2 is 0.864 bits per heavy atom. The number of nitrogens with zero attached hydrogens (tertiary/aromatic N) is 1. The molecule has 208 valence electrons. The van der Waals surface area contributed by atoms with E-state index in [1.54, 1.807) is 0 Å². The molecule has 1 nitrogen and oxygen atoms in total. The fraction of sp³-hybridized carbons (Fsp3) is 0. The van der Waals surface area contributed by atoms with Crippen LogP contribution in [0.3, 0.4) is 0 Å². The van der Waals surface area contributed by atoms with Crippen LogP contribution in [0.25, 0.3) is 72.0 Å². The van der Waals surface area contributed by atoms with E-state index in [9.17, 15) is 0 Å². The van der Waals surface area contributed by atoms with Crippen LogP contribution >= 0.6 is 15.9 Å². The molecule has 1 aromatic heterocycles. The first kappa shape index (κ1) is 26.4. The summed E-state index contributed by atoms with van der Waals surface area (Å²) in [7, 11) is 0. The molecule has 0 atom stereocenters. The average molecular weight is 627 g/mol. The lowest BCUT2D eigenvalue weighted by Gasteiger charge is -2.16. The van der Waals surface area contributed by atoms with E-state index in [1.165, 1.54) is 72.0 Å². The summed E-state index contributed by atoms with van der Waals surface area (Å²) in [6.45, 7) is 0. The van der Waals surface area contributed by atoms with Gasteiger partial charge in [-0.3, -0.25) is 0 Å². The molecule has 0 radical (unpaired) electrons. The molecule has 0 unspecified atom stereocenters. The first-order chi connectivity index (χ1) is 21.7. The summed E-state index contributed by atoms with van der Waals surface area (Å²) in [4.78, 5) is 0. The summed E-state index contributed by atoms with van der Waals surface area (Å²) in [5, 5.41) is 2.50. The second-order valence-electron chi connectivity index (χ2n) is 11.1. The summed E-state index contributed by atoms with van der Waals surface area (Å²) < 4.78 is 3.56. The molecular formula is C42H28BrN. The molecule has 2 heteroatoms. The second-order valence-corrected chi connectivity index (χ2v) is 12.0. The van der Waals surface area contributed by atoms with Crippen molar-refractivity contribution >= 4 is 37.7 Å². The van der Waals surface area contributed by atoms with Gasteiger partial charge >= 0.3 is 0 Å². The van der Waals surface area contributed by atoms with Crippen LogP contribution in [-0.2, 0) is 0 Å². The standard InChI is InChI=1S/C42H28BrN/c43-39-17-9-7-15-35(39)32-21-19-30(20-22-32)34-24-26-38-37-16-8-10-18-40(37)44(42(38)28-34)41-27-33(29-11-3-1-4-12-29)23-25-36(41)31-13-5-2-6-14-31/h1-28H. The molecule has 0 saturated heterocycles. The maximum atomic E-state index is 3.71. The minimum atomic E-state index is 1.10. The van der Waals surface area contributed by atoms with Gasteiger partial charge < -0.3 is 4.57 Å². The smallest absolute Gasteiger partial charge is 0.0547 e. The average Bonchev–Trinajstić information content (AvgIpc) is 3.43. The van der Waals surface area contributed by atoms with Gasteiger partial charge in [0.2, 0.25) is 0 Å². The zero-order chi connectivity index (χ0) is 29.5. The summed E-state index contributed by atoms with van der Waals surface area (Å²) in [6.07, 6.45) is 0. The molecular weight excluding hydrogens is 598 g/mol. The third-order valence-electron chi connectivity index (χ3n) is 8.51. The number of benzene rings is 7. The number of rotatable bonds is 5. The molecule has 7 aromatic carbocycles. The Labute approximate surface area is 265 Å². The maximum Gasteiger partial charge on any atom is 0.0547 e. The van der Waals surface area contributed by atoms with E-state index in [4.69, 9.17) is 0 Å². The van der Waals surface area contributed by atoms with Crippen molar-refractivity contribution < 1.29 is 0 Å². The Morgan fingerprint density at radius 1 is 0.341 bits per heavy atom. The van der Waals surface area contributed by atoms with Gasteiger partial charge in [0, 0.05) is 20.8 Å². The predicted molar refractivity (Wildman–Crippen MR) is 190 cm³/mol. The lowest BCUT2D eigenvalue weighted by atomic mass is 9.97. The number of hydrogen-bond donors (Lipinski definition) is 0. The van der Waals surface area contributed by atoms with Crippen LogP contribution in [0.1, 0.15) is 0 Å². The van der Waals surface area contributed by atoms with Gasteiger partial charge in [0.15, 0.2) is 0 Å². The molecule has 0 aliphatic rings. The highest BCUT2D eigenvalue weighted by molar-refractivity contribution is 9.10. The van der Waals surface area contributed by atoms with Gasteiger partial charge in [0.05, 0.1) is 16.7 Å². The molecule has 0 spiro atoms. The Kier molecular flexibility index (Phi) is 6.70. The predicted octanol–water partition coefficient (Wildman–Crippen LogP) is 12.2. The van der Waals surface area contributed by atoms with Crippen LogP contribution in [0.4, 0.5) is 0 Å². The second kappa shape index (κ2) is 11.1. The molecule has 0 N–H and O–H groups in total. The molecule has 8 rings (SSSR count). The number of fused-ring (bicyclic) bond motifs is 3. The van der Waals surface area contributed by atoms with E-state index in [0.29, 0.717) is 0 Å². The van der Waals surface area contributed by atoms with Crippen molar-refractivity contribution in [1.82, 2.24) is 4.57 Å². The topological polar surface area (TPSA) is 4.93 Å². The fourth-order valence-corrected chi connectivity index (χ4v) is 6.85. The number of halogens is 1. The molecule has 8 aromatic rings. The molecule has 0 amide bonds. The normalized spacial score (nSPS) is 11.3. The number of hydrogen-bond acceptors (Lipinski definition) is 0. The van der Waals surface area contributed by atoms with Crippen molar-refractivity contribution in [2.45, 2.75) is 0 Å². The van der Waals surface area contributed by atoms with Crippen LogP contribution in [0.5, 0.6) is 0 Å². The van der Waals surface area contributed by atoms with E-state index >= 15 is 0 Å². The molecule has 0 fully saturated rings. The van der Waals surface area contributed by atoms with Gasteiger partial charge in [-0.25, -0.2) is 0 Å². The lowest BCUT2D eigenvalue weighted by Crippen LogP contribution is -1.98. The largest absolute Gasteiger partial charge is 0.309 e. The third-order valence-corrected chi connectivity index (χ3v) is 9.20. The van der Waals surface area contributed by atoms with Crippen molar-refractivity contribution in [2.24, 2.45) is 0 Å². The Morgan fingerprint density at radius 3 is 1.64 bits per heavy atom. The fourth-order valence-electron chi connectivity index (χ4n) is 6.34. The molecule has 0 aliphatic heterocycles. The van der Waals surface area contributed by atoms with Gasteiger partial charge in [0.1, 0.15) is 0 Å². The quantitative estimate of drug-likeness (QED) is 0.179. The Bertz CT molecular complexity index is 2260. The minimum Gasteiger partial charge on any atom is -0.309 e. The van der Waals surface area contributed by atoms with E-state index in [0.717, 1.165) is 4.47 Å². The van der Waals surface area contributed by atoms with E-state index in [-0.39, 0.29) is 0 Å². The van der Waals surface area contributed by atoms with E-state index < -0.39 is 0 Å². The zero-order valence-corrected chi connectivity index (χ0v) is 25.6. The first-order valence-corrected chi connectivity index (χ1v) is 15.7. The van der Waals surface area contributed by atoms with Crippen molar-refractivity contribution in [1.29, 1.82) is 0 Å². The Hall–Kier alpha value is -5.18. The SMILES string of the molecule is Brc1ccccc1-c1ccc(-c2ccc3c4ccccc4n(-c4cc(-c5ccccc5)ccc4-c4ccccc4)c3c2)cc1. The van der Waals surface area contributed by atoms with Crippen molar-refractivity contribution in [3.8, 4) is 50.2 Å². The molecule has 0 saturated carbocycles. The molecule has 1 heterocycles.